The number of β-amino-alcohol motifs (C(OH)–C–C–N with tert-alkyl or cyclic N) is 1. The van der Waals surface area contributed by atoms with Crippen molar-refractivity contribution in [1.29, 1.82) is 0 Å². The van der Waals surface area contributed by atoms with Crippen molar-refractivity contribution < 1.29 is 14.4 Å². The predicted octanol–water partition coefficient (Wildman–Crippen LogP) is 1.32. The van der Waals surface area contributed by atoms with Gasteiger partial charge in [0.1, 0.15) is 0 Å². The summed E-state index contributed by atoms with van der Waals surface area (Å²) in [5, 5.41) is 14.8. The van der Waals surface area contributed by atoms with Gasteiger partial charge in [0.05, 0.1) is 5.60 Å². The molecule has 3 rings (SSSR count). The number of nitrogens with zero attached hydrogens (tertiary/aromatic N) is 4. The average Bonchev–Trinajstić information content (AvgIpc) is 2.87. The number of aliphatic hydroxyl groups is 1. The Kier molecular flexibility index (Phi) is 5.20. The van der Waals surface area contributed by atoms with E-state index in [1.807, 2.05) is 11.8 Å². The predicted molar refractivity (Wildman–Crippen MR) is 88.5 cm³/mol. The molecule has 1 amide bonds. The van der Waals surface area contributed by atoms with E-state index in [9.17, 15) is 9.90 Å². The van der Waals surface area contributed by atoms with Crippen LogP contribution in [-0.2, 0) is 4.79 Å². The van der Waals surface area contributed by atoms with Crippen LogP contribution in [0.3, 0.4) is 0 Å². The lowest BCUT2D eigenvalue weighted by Gasteiger charge is -2.37. The van der Waals surface area contributed by atoms with Gasteiger partial charge in [-0.25, -0.2) is 0 Å². The van der Waals surface area contributed by atoms with Crippen molar-refractivity contribution in [2.24, 2.45) is 0 Å². The fourth-order valence-corrected chi connectivity index (χ4v) is 3.89. The van der Waals surface area contributed by atoms with Crippen LogP contribution in [0.15, 0.2) is 4.52 Å². The Labute approximate surface area is 143 Å². The number of likely N-dealkylation sites (tertiary alicyclic amines) is 2. The van der Waals surface area contributed by atoms with E-state index < -0.39 is 5.60 Å². The van der Waals surface area contributed by atoms with E-state index in [1.165, 1.54) is 0 Å². The van der Waals surface area contributed by atoms with Gasteiger partial charge in [-0.05, 0) is 52.1 Å². The van der Waals surface area contributed by atoms with Gasteiger partial charge in [0, 0.05) is 32.5 Å². The molecule has 0 aromatic carbocycles. The fraction of sp³-hybridized carbons (Fsp3) is 0.824. The first kappa shape index (κ1) is 17.4. The highest BCUT2D eigenvalue weighted by molar-refractivity contribution is 5.73. The Balaban J connectivity index is 1.51. The second kappa shape index (κ2) is 7.19. The van der Waals surface area contributed by atoms with Gasteiger partial charge in [0.25, 0.3) is 0 Å². The molecular formula is C17H28N4O3. The minimum Gasteiger partial charge on any atom is -0.388 e. The maximum atomic E-state index is 11.5. The molecule has 2 aliphatic rings. The zero-order valence-corrected chi connectivity index (χ0v) is 14.7. The lowest BCUT2D eigenvalue weighted by atomic mass is 9.91. The third-order valence-electron chi connectivity index (χ3n) is 5.36. The minimum absolute atomic E-state index is 0.106. The van der Waals surface area contributed by atoms with Gasteiger partial charge in [-0.1, -0.05) is 5.16 Å². The summed E-state index contributed by atoms with van der Waals surface area (Å²) in [5.41, 5.74) is -0.682. The van der Waals surface area contributed by atoms with E-state index in [4.69, 9.17) is 4.52 Å². The summed E-state index contributed by atoms with van der Waals surface area (Å²) >= 11 is 0. The summed E-state index contributed by atoms with van der Waals surface area (Å²) in [6.45, 7) is 7.42. The summed E-state index contributed by atoms with van der Waals surface area (Å²) in [5.74, 6) is 1.88. The molecule has 1 aromatic rings. The smallest absolute Gasteiger partial charge is 0.229 e. The van der Waals surface area contributed by atoms with Crippen molar-refractivity contribution in [3.63, 3.8) is 0 Å². The van der Waals surface area contributed by atoms with Crippen molar-refractivity contribution in [1.82, 2.24) is 19.9 Å². The SMILES string of the molecule is CC(=O)N1CCCC(O)(CN2CCC(c3nc(C)no3)CC2)CC1. The quantitative estimate of drug-likeness (QED) is 0.896. The van der Waals surface area contributed by atoms with Gasteiger partial charge >= 0.3 is 0 Å². The van der Waals surface area contributed by atoms with Gasteiger partial charge in [-0.2, -0.15) is 4.98 Å². The first-order valence-electron chi connectivity index (χ1n) is 8.96. The van der Waals surface area contributed by atoms with Crippen LogP contribution >= 0.6 is 0 Å². The molecule has 2 saturated heterocycles. The van der Waals surface area contributed by atoms with Crippen LogP contribution < -0.4 is 0 Å². The second-order valence-corrected chi connectivity index (χ2v) is 7.31. The Bertz CT molecular complexity index is 568. The van der Waals surface area contributed by atoms with Crippen LogP contribution in [0.25, 0.3) is 0 Å². The Hall–Kier alpha value is -1.47. The summed E-state index contributed by atoms with van der Waals surface area (Å²) in [4.78, 5) is 20.1. The molecular weight excluding hydrogens is 308 g/mol. The molecule has 0 saturated carbocycles. The third kappa shape index (κ3) is 4.13. The Morgan fingerprint density at radius 1 is 1.29 bits per heavy atom. The number of carbonyl (C=O) groups excluding carboxylic acids is 1. The molecule has 7 heteroatoms. The van der Waals surface area contributed by atoms with E-state index in [0.717, 1.165) is 51.2 Å². The molecule has 0 radical (unpaired) electrons. The van der Waals surface area contributed by atoms with E-state index >= 15 is 0 Å². The highest BCUT2D eigenvalue weighted by Gasteiger charge is 2.34. The van der Waals surface area contributed by atoms with Crippen LogP contribution in [0.1, 0.15) is 56.7 Å². The molecule has 1 N–H and O–H groups in total. The van der Waals surface area contributed by atoms with Gasteiger partial charge < -0.3 is 19.4 Å². The molecule has 2 fully saturated rings. The molecule has 134 valence electrons. The number of piperidine rings is 1. The maximum absolute atomic E-state index is 11.5. The summed E-state index contributed by atoms with van der Waals surface area (Å²) < 4.78 is 5.29. The topological polar surface area (TPSA) is 82.7 Å². The van der Waals surface area contributed by atoms with E-state index in [1.54, 1.807) is 6.92 Å². The number of carbonyl (C=O) groups is 1. The summed E-state index contributed by atoms with van der Waals surface area (Å²) in [7, 11) is 0. The summed E-state index contributed by atoms with van der Waals surface area (Å²) in [6, 6.07) is 0. The van der Waals surface area contributed by atoms with Crippen LogP contribution in [0.4, 0.5) is 0 Å². The number of rotatable bonds is 3. The number of hydrogen-bond donors (Lipinski definition) is 1. The monoisotopic (exact) mass is 336 g/mol. The Morgan fingerprint density at radius 3 is 2.67 bits per heavy atom. The van der Waals surface area contributed by atoms with Gasteiger partial charge in [0.15, 0.2) is 5.82 Å². The third-order valence-corrected chi connectivity index (χ3v) is 5.36. The zero-order chi connectivity index (χ0) is 17.2. The van der Waals surface area contributed by atoms with Crippen molar-refractivity contribution in [3.05, 3.63) is 11.7 Å². The number of amides is 1. The number of hydrogen-bond acceptors (Lipinski definition) is 6. The van der Waals surface area contributed by atoms with Gasteiger partial charge in [-0.3, -0.25) is 4.79 Å². The summed E-state index contributed by atoms with van der Waals surface area (Å²) in [6.07, 6.45) is 4.26. The van der Waals surface area contributed by atoms with Gasteiger partial charge in [-0.15, -0.1) is 0 Å². The molecule has 0 bridgehead atoms. The molecule has 1 atom stereocenters. The maximum Gasteiger partial charge on any atom is 0.229 e. The lowest BCUT2D eigenvalue weighted by molar-refractivity contribution is -0.129. The average molecular weight is 336 g/mol. The molecule has 1 unspecified atom stereocenters. The van der Waals surface area contributed by atoms with E-state index in [-0.39, 0.29) is 5.91 Å². The van der Waals surface area contributed by atoms with Crippen LogP contribution in [-0.4, -0.2) is 69.3 Å². The Morgan fingerprint density at radius 2 is 2.04 bits per heavy atom. The molecule has 7 nitrogen and oxygen atoms in total. The lowest BCUT2D eigenvalue weighted by Crippen LogP contribution is -2.46. The zero-order valence-electron chi connectivity index (χ0n) is 14.7. The highest BCUT2D eigenvalue weighted by atomic mass is 16.5. The van der Waals surface area contributed by atoms with Crippen LogP contribution in [0, 0.1) is 6.92 Å². The normalized spacial score (nSPS) is 27.2. The number of aromatic nitrogens is 2. The van der Waals surface area contributed by atoms with Crippen molar-refractivity contribution >= 4 is 5.91 Å². The second-order valence-electron chi connectivity index (χ2n) is 7.31. The fourth-order valence-electron chi connectivity index (χ4n) is 3.89. The highest BCUT2D eigenvalue weighted by Crippen LogP contribution is 2.29. The molecule has 3 heterocycles. The number of aryl methyl sites for hydroxylation is 1. The largest absolute Gasteiger partial charge is 0.388 e. The minimum atomic E-state index is -0.682. The van der Waals surface area contributed by atoms with E-state index in [0.29, 0.717) is 31.3 Å². The standard InChI is InChI=1S/C17H28N4O3/c1-13-18-16(24-19-13)15-4-9-20(10-5-15)12-17(23)6-3-8-21(11-7-17)14(2)22/h15,23H,3-12H2,1-2H3. The van der Waals surface area contributed by atoms with Crippen molar-refractivity contribution in [3.8, 4) is 0 Å². The molecule has 1 aromatic heterocycles. The molecule has 0 aliphatic carbocycles. The van der Waals surface area contributed by atoms with Gasteiger partial charge in [0.2, 0.25) is 11.8 Å². The first-order chi connectivity index (χ1) is 11.5. The molecule has 2 aliphatic heterocycles. The van der Waals surface area contributed by atoms with E-state index in [2.05, 4.69) is 15.0 Å². The first-order valence-corrected chi connectivity index (χ1v) is 8.96. The van der Waals surface area contributed by atoms with Crippen molar-refractivity contribution in [2.75, 3.05) is 32.7 Å². The van der Waals surface area contributed by atoms with Crippen LogP contribution in [0.2, 0.25) is 0 Å². The molecule has 0 spiro atoms. The van der Waals surface area contributed by atoms with Crippen LogP contribution in [0.5, 0.6) is 0 Å². The molecule has 24 heavy (non-hydrogen) atoms. The van der Waals surface area contributed by atoms with Crippen molar-refractivity contribution in [2.45, 2.75) is 57.5 Å².